The Labute approximate surface area is 139 Å². The van der Waals surface area contributed by atoms with Crippen molar-refractivity contribution < 1.29 is 13.9 Å². The van der Waals surface area contributed by atoms with E-state index in [2.05, 4.69) is 21.3 Å². The van der Waals surface area contributed by atoms with E-state index in [1.807, 2.05) is 32.0 Å². The first-order chi connectivity index (χ1) is 11.2. The molecule has 0 fully saturated rings. The molecular weight excluding hydrogens is 312 g/mol. The average molecular weight is 332 g/mol. The van der Waals surface area contributed by atoms with Gasteiger partial charge in [-0.25, -0.2) is 4.98 Å². The molecule has 122 valence electrons. The lowest BCUT2D eigenvalue weighted by atomic mass is 10.3. The van der Waals surface area contributed by atoms with E-state index in [-0.39, 0.29) is 6.61 Å². The summed E-state index contributed by atoms with van der Waals surface area (Å²) < 4.78 is 11.3. The Kier molecular flexibility index (Phi) is 4.95. The van der Waals surface area contributed by atoms with E-state index < -0.39 is 0 Å². The zero-order chi connectivity index (χ0) is 16.2. The molecule has 3 heterocycles. The van der Waals surface area contributed by atoms with E-state index in [9.17, 15) is 5.11 Å². The lowest BCUT2D eigenvalue weighted by molar-refractivity contribution is 0.183. The van der Waals surface area contributed by atoms with Crippen molar-refractivity contribution in [3.8, 4) is 11.7 Å². The molecule has 0 aliphatic rings. The maximum atomic E-state index is 9.30. The molecule has 0 amide bonds. The Morgan fingerprint density at radius 1 is 1.17 bits per heavy atom. The van der Waals surface area contributed by atoms with Gasteiger partial charge in [-0.15, -0.1) is 11.3 Å². The van der Waals surface area contributed by atoms with E-state index in [4.69, 9.17) is 8.83 Å². The Morgan fingerprint density at radius 3 is 2.70 bits per heavy atom. The Morgan fingerprint density at radius 2 is 2.04 bits per heavy atom. The fraction of sp³-hybridized carbons (Fsp3) is 0.353. The Bertz CT molecular complexity index is 746. The van der Waals surface area contributed by atoms with Crippen LogP contribution in [-0.2, 0) is 13.1 Å². The van der Waals surface area contributed by atoms with Gasteiger partial charge in [0.1, 0.15) is 11.5 Å². The number of hydrogen-bond acceptors (Lipinski definition) is 6. The van der Waals surface area contributed by atoms with Crippen molar-refractivity contribution in [2.24, 2.45) is 0 Å². The standard InChI is InChI=1S/C17H20N2O3S/c1-12-5-6-16(21-12)17-18-15(13(2)22-17)11-19(7-8-20)10-14-4-3-9-23-14/h3-6,9,20H,7-8,10-11H2,1-2H3. The summed E-state index contributed by atoms with van der Waals surface area (Å²) in [5.41, 5.74) is 0.874. The summed E-state index contributed by atoms with van der Waals surface area (Å²) in [5.74, 6) is 2.76. The van der Waals surface area contributed by atoms with Crippen molar-refractivity contribution in [1.82, 2.24) is 9.88 Å². The highest BCUT2D eigenvalue weighted by Crippen LogP contribution is 2.25. The second kappa shape index (κ2) is 7.12. The van der Waals surface area contributed by atoms with Gasteiger partial charge in [-0.05, 0) is 37.4 Å². The van der Waals surface area contributed by atoms with Gasteiger partial charge in [-0.2, -0.15) is 0 Å². The number of hydrogen-bond donors (Lipinski definition) is 1. The molecule has 6 heteroatoms. The van der Waals surface area contributed by atoms with Crippen molar-refractivity contribution >= 4 is 11.3 Å². The van der Waals surface area contributed by atoms with Crippen molar-refractivity contribution in [3.05, 3.63) is 51.7 Å². The minimum absolute atomic E-state index is 0.118. The second-order valence-electron chi connectivity index (χ2n) is 5.45. The largest absolute Gasteiger partial charge is 0.456 e. The fourth-order valence-corrected chi connectivity index (χ4v) is 3.17. The predicted octanol–water partition coefficient (Wildman–Crippen LogP) is 3.61. The number of rotatable bonds is 7. The van der Waals surface area contributed by atoms with Gasteiger partial charge in [0.15, 0.2) is 5.76 Å². The highest BCUT2D eigenvalue weighted by Gasteiger charge is 2.17. The lowest BCUT2D eigenvalue weighted by Gasteiger charge is -2.19. The van der Waals surface area contributed by atoms with Crippen LogP contribution in [0, 0.1) is 13.8 Å². The molecule has 23 heavy (non-hydrogen) atoms. The normalized spacial score (nSPS) is 11.5. The number of aromatic nitrogens is 1. The predicted molar refractivity (Wildman–Crippen MR) is 89.2 cm³/mol. The quantitative estimate of drug-likeness (QED) is 0.716. The third-order valence-electron chi connectivity index (χ3n) is 3.59. The van der Waals surface area contributed by atoms with E-state index in [1.54, 1.807) is 11.3 Å². The number of aliphatic hydroxyl groups excluding tert-OH is 1. The maximum Gasteiger partial charge on any atom is 0.263 e. The molecule has 0 radical (unpaired) electrons. The van der Waals surface area contributed by atoms with Crippen molar-refractivity contribution in [2.75, 3.05) is 13.2 Å². The molecule has 0 aliphatic heterocycles. The molecule has 3 aromatic heterocycles. The summed E-state index contributed by atoms with van der Waals surface area (Å²) in [6, 6.07) is 7.89. The van der Waals surface area contributed by atoms with E-state index >= 15 is 0 Å². The van der Waals surface area contributed by atoms with Crippen molar-refractivity contribution in [1.29, 1.82) is 0 Å². The van der Waals surface area contributed by atoms with Crippen LogP contribution in [0.5, 0.6) is 0 Å². The summed E-state index contributed by atoms with van der Waals surface area (Å²) in [7, 11) is 0. The average Bonchev–Trinajstić information content (AvgIpc) is 3.23. The zero-order valence-electron chi connectivity index (χ0n) is 13.3. The number of thiophene rings is 1. The first-order valence-corrected chi connectivity index (χ1v) is 8.42. The molecule has 3 aromatic rings. The molecule has 0 aromatic carbocycles. The van der Waals surface area contributed by atoms with Crippen LogP contribution in [0.15, 0.2) is 38.5 Å². The maximum absolute atomic E-state index is 9.30. The lowest BCUT2D eigenvalue weighted by Crippen LogP contribution is -2.26. The van der Waals surface area contributed by atoms with Crippen LogP contribution in [0.1, 0.15) is 22.1 Å². The van der Waals surface area contributed by atoms with Gasteiger partial charge in [-0.1, -0.05) is 6.07 Å². The van der Waals surface area contributed by atoms with Crippen LogP contribution in [0.4, 0.5) is 0 Å². The highest BCUT2D eigenvalue weighted by molar-refractivity contribution is 7.09. The molecule has 0 spiro atoms. The zero-order valence-corrected chi connectivity index (χ0v) is 14.1. The molecule has 0 unspecified atom stereocenters. The smallest absolute Gasteiger partial charge is 0.263 e. The summed E-state index contributed by atoms with van der Waals surface area (Å²) in [4.78, 5) is 7.99. The van der Waals surface area contributed by atoms with Gasteiger partial charge >= 0.3 is 0 Å². The van der Waals surface area contributed by atoms with E-state index in [0.717, 1.165) is 23.8 Å². The van der Waals surface area contributed by atoms with Gasteiger partial charge in [0.05, 0.1) is 12.3 Å². The molecule has 0 aliphatic carbocycles. The van der Waals surface area contributed by atoms with Crippen LogP contribution < -0.4 is 0 Å². The number of aliphatic hydroxyl groups is 1. The number of aryl methyl sites for hydroxylation is 2. The topological polar surface area (TPSA) is 62.6 Å². The molecular formula is C17H20N2O3S. The molecule has 0 saturated heterocycles. The summed E-state index contributed by atoms with van der Waals surface area (Å²) in [6.45, 7) is 5.94. The first kappa shape index (κ1) is 16.0. The Hall–Kier alpha value is -1.89. The molecule has 3 rings (SSSR count). The van der Waals surface area contributed by atoms with Crippen molar-refractivity contribution in [3.63, 3.8) is 0 Å². The van der Waals surface area contributed by atoms with E-state index in [1.165, 1.54) is 4.88 Å². The van der Waals surface area contributed by atoms with Gasteiger partial charge in [0, 0.05) is 24.5 Å². The van der Waals surface area contributed by atoms with Crippen LogP contribution in [0.2, 0.25) is 0 Å². The second-order valence-corrected chi connectivity index (χ2v) is 6.48. The molecule has 5 nitrogen and oxygen atoms in total. The monoisotopic (exact) mass is 332 g/mol. The minimum atomic E-state index is 0.118. The highest BCUT2D eigenvalue weighted by atomic mass is 32.1. The van der Waals surface area contributed by atoms with Crippen LogP contribution >= 0.6 is 11.3 Å². The third-order valence-corrected chi connectivity index (χ3v) is 4.45. The van der Waals surface area contributed by atoms with Crippen LogP contribution in [0.25, 0.3) is 11.7 Å². The van der Waals surface area contributed by atoms with Crippen LogP contribution in [-0.4, -0.2) is 28.1 Å². The van der Waals surface area contributed by atoms with Gasteiger partial charge in [0.25, 0.3) is 5.89 Å². The molecule has 0 saturated carbocycles. The fourth-order valence-electron chi connectivity index (χ4n) is 2.42. The minimum Gasteiger partial charge on any atom is -0.456 e. The van der Waals surface area contributed by atoms with Gasteiger partial charge in [-0.3, -0.25) is 4.90 Å². The number of nitrogens with zero attached hydrogens (tertiary/aromatic N) is 2. The number of furan rings is 1. The SMILES string of the molecule is Cc1ccc(-c2nc(CN(CCO)Cc3cccs3)c(C)o2)o1. The third kappa shape index (κ3) is 3.90. The summed E-state index contributed by atoms with van der Waals surface area (Å²) >= 11 is 1.71. The number of oxazole rings is 1. The summed E-state index contributed by atoms with van der Waals surface area (Å²) in [6.07, 6.45) is 0. The summed E-state index contributed by atoms with van der Waals surface area (Å²) in [5, 5.41) is 11.4. The van der Waals surface area contributed by atoms with Crippen molar-refractivity contribution in [2.45, 2.75) is 26.9 Å². The molecule has 1 N–H and O–H groups in total. The van der Waals surface area contributed by atoms with Crippen LogP contribution in [0.3, 0.4) is 0 Å². The molecule has 0 bridgehead atoms. The molecule has 0 atom stereocenters. The van der Waals surface area contributed by atoms with E-state index in [0.29, 0.717) is 24.7 Å². The van der Waals surface area contributed by atoms with Gasteiger partial charge < -0.3 is 13.9 Å². The Balaban J connectivity index is 1.76. The first-order valence-electron chi connectivity index (χ1n) is 7.54. The van der Waals surface area contributed by atoms with Gasteiger partial charge in [0.2, 0.25) is 0 Å².